The molecule has 18 nitrogen and oxygen atoms in total. The number of hydrogen-bond donors (Lipinski definition) is 0. The van der Waals surface area contributed by atoms with Gasteiger partial charge < -0.3 is 57.1 Å². The van der Waals surface area contributed by atoms with Gasteiger partial charge in [0.1, 0.15) is 42.5 Å². The van der Waals surface area contributed by atoms with Crippen molar-refractivity contribution in [1.29, 1.82) is 0 Å². The second kappa shape index (κ2) is 41.0. The van der Waals surface area contributed by atoms with Gasteiger partial charge in [-0.2, -0.15) is 0 Å². The predicted octanol–water partition coefficient (Wildman–Crippen LogP) is 8.89. The molecule has 0 bridgehead atoms. The molecule has 6 atom stereocenters. The van der Waals surface area contributed by atoms with Gasteiger partial charge in [0.05, 0.1) is 32.3 Å². The van der Waals surface area contributed by atoms with Gasteiger partial charge in [-0.05, 0) is 72.6 Å². The van der Waals surface area contributed by atoms with Crippen LogP contribution in [0.1, 0.15) is 196 Å². The number of esters is 6. The molecule has 0 aromatic carbocycles. The Morgan fingerprint density at radius 1 is 0.438 bits per heavy atom. The van der Waals surface area contributed by atoms with Crippen molar-refractivity contribution in [3.63, 3.8) is 0 Å². The normalized spacial score (nSPS) is 18.0. The molecule has 0 saturated carbocycles. The molecule has 0 aromatic heterocycles. The fraction of sp³-hybridized carbons (Fsp3) is 0.709. The maximum absolute atomic E-state index is 13.4. The Bertz CT molecular complexity index is 1800. The number of allylic oxidation sites excluding steroid dienone is 6. The molecule has 1 heterocycles. The smallest absolute Gasteiger partial charge is 0.306 e. The van der Waals surface area contributed by atoms with Crippen molar-refractivity contribution in [2.75, 3.05) is 19.8 Å². The van der Waals surface area contributed by atoms with Gasteiger partial charge in [-0.3, -0.25) is 28.8 Å². The van der Waals surface area contributed by atoms with E-state index < -0.39 is 112 Å². The van der Waals surface area contributed by atoms with E-state index in [0.29, 0.717) is 12.8 Å². The average molecular weight is 1030 g/mol. The first-order valence-electron chi connectivity index (χ1n) is 26.2. The number of hydrogen-bond acceptors (Lipinski definition) is 18. The van der Waals surface area contributed by atoms with Crippen LogP contribution in [0.15, 0.2) is 36.5 Å². The first-order chi connectivity index (χ1) is 34.9. The first-order valence-corrected chi connectivity index (χ1v) is 26.2. The lowest BCUT2D eigenvalue weighted by Gasteiger charge is -2.44. The summed E-state index contributed by atoms with van der Waals surface area (Å²) in [5.41, 5.74) is 0. The minimum atomic E-state index is -1.79. The van der Waals surface area contributed by atoms with Crippen LogP contribution in [0.25, 0.3) is 0 Å². The molecular formula is C55H84O18. The fourth-order valence-electron chi connectivity index (χ4n) is 7.12. The largest absolute Gasteiger partial charge is 0.463 e. The minimum absolute atomic E-state index is 0.0455. The van der Waals surface area contributed by atoms with E-state index in [-0.39, 0.29) is 68.1 Å². The number of carbonyl (C=O) groups is 10. The van der Waals surface area contributed by atoms with Crippen LogP contribution in [0.4, 0.5) is 0 Å². The Hall–Kier alpha value is -5.36. The lowest BCUT2D eigenvalue weighted by molar-refractivity contribution is -0.312. The van der Waals surface area contributed by atoms with Gasteiger partial charge in [0.15, 0.2) is 30.7 Å². The molecule has 1 saturated heterocycles. The molecule has 1 fully saturated rings. The Balaban J connectivity index is 3.47. The molecule has 1 rings (SSSR count). The number of Topliss-reactive ketones (excluding diaryl/α,β-unsaturated/α-hetero) is 4. The number of unbranched alkanes of at least 4 members (excludes halogenated alkanes) is 9. The lowest BCUT2D eigenvalue weighted by atomic mass is 9.97. The van der Waals surface area contributed by atoms with Crippen molar-refractivity contribution < 1.29 is 85.8 Å². The maximum atomic E-state index is 13.4. The van der Waals surface area contributed by atoms with E-state index in [1.165, 1.54) is 27.7 Å². The molecule has 1 aliphatic heterocycles. The molecular weight excluding hydrogens is 949 g/mol. The number of ketones is 4. The standard InChI is InChI=1S/C55H84O18/c1-7-9-11-13-14-15-16-17-18-19-20-21-22-24-26-28-48(62)69-44(37-66-46(60)27-25-23-12-10-8-2)38-68-55-54(73-51(65)36-32-43(6)59)53(72-50(64)35-31-42(5)58)52(71-49(63)34-30-41(4)57)45(70-55)39-67-47(61)33-29-40(3)56/h9,11,14-15,17-18,44-45,52-55H,7-8,10,12-13,16,19-39H2,1-6H3/b11-9+,15-14+,18-17+/t44?,45-,52+,53+,54-,55-/m1/s1. The highest BCUT2D eigenvalue weighted by molar-refractivity contribution is 5.83. The van der Waals surface area contributed by atoms with E-state index in [4.69, 9.17) is 37.9 Å². The van der Waals surface area contributed by atoms with Gasteiger partial charge in [-0.25, -0.2) is 0 Å². The van der Waals surface area contributed by atoms with Crippen LogP contribution < -0.4 is 0 Å². The highest BCUT2D eigenvalue weighted by Crippen LogP contribution is 2.31. The molecule has 0 radical (unpaired) electrons. The van der Waals surface area contributed by atoms with Crippen LogP contribution in [-0.4, -0.2) is 116 Å². The van der Waals surface area contributed by atoms with Gasteiger partial charge in [0, 0.05) is 38.5 Å². The molecule has 412 valence electrons. The Labute approximate surface area is 432 Å². The second-order valence-corrected chi connectivity index (χ2v) is 18.3. The van der Waals surface area contributed by atoms with Gasteiger partial charge >= 0.3 is 35.8 Å². The van der Waals surface area contributed by atoms with Gasteiger partial charge in [-0.1, -0.05) is 95.2 Å². The average Bonchev–Trinajstić information content (AvgIpc) is 3.34. The third-order valence-electron chi connectivity index (χ3n) is 11.2. The monoisotopic (exact) mass is 1030 g/mol. The zero-order chi connectivity index (χ0) is 54.2. The first kappa shape index (κ1) is 65.7. The summed E-state index contributed by atoms with van der Waals surface area (Å²) in [6, 6.07) is 0. The summed E-state index contributed by atoms with van der Waals surface area (Å²) in [4.78, 5) is 126. The van der Waals surface area contributed by atoms with Crippen LogP contribution in [-0.2, 0) is 85.8 Å². The van der Waals surface area contributed by atoms with E-state index in [9.17, 15) is 47.9 Å². The summed E-state index contributed by atoms with van der Waals surface area (Å²) < 4.78 is 46.5. The summed E-state index contributed by atoms with van der Waals surface area (Å²) in [6.07, 6.45) is 13.2. The zero-order valence-corrected chi connectivity index (χ0v) is 44.4. The van der Waals surface area contributed by atoms with Crippen LogP contribution in [0.2, 0.25) is 0 Å². The molecule has 0 aliphatic carbocycles. The van der Waals surface area contributed by atoms with Gasteiger partial charge in [0.2, 0.25) is 0 Å². The SMILES string of the molecule is CC/C=C/C/C=C/C/C=C/CCCCCCCC(=O)OC(COC(=O)CCCCCCC)CO[C@@H]1O[C@H](COC(=O)CCC(C)=O)[C@H](OC(=O)CCC(C)=O)[C@H](OC(=O)CCC(C)=O)[C@H]1OC(=O)CCC(C)=O. The van der Waals surface area contributed by atoms with Crippen molar-refractivity contribution in [1.82, 2.24) is 0 Å². The summed E-state index contributed by atoms with van der Waals surface area (Å²) in [5, 5.41) is 0. The lowest BCUT2D eigenvalue weighted by Crippen LogP contribution is -2.63. The number of ether oxygens (including phenoxy) is 8. The van der Waals surface area contributed by atoms with Crippen molar-refractivity contribution in [3.05, 3.63) is 36.5 Å². The topological polar surface area (TPSA) is 245 Å². The summed E-state index contributed by atoms with van der Waals surface area (Å²) >= 11 is 0. The summed E-state index contributed by atoms with van der Waals surface area (Å²) in [5.74, 6) is -6.26. The molecule has 0 aromatic rings. The quantitative estimate of drug-likeness (QED) is 0.0240. The van der Waals surface area contributed by atoms with Crippen LogP contribution in [0, 0.1) is 0 Å². The fourth-order valence-corrected chi connectivity index (χ4v) is 7.12. The molecule has 0 amide bonds. The Morgan fingerprint density at radius 3 is 1.44 bits per heavy atom. The molecule has 73 heavy (non-hydrogen) atoms. The molecule has 1 aliphatic rings. The molecule has 0 N–H and O–H groups in total. The van der Waals surface area contributed by atoms with E-state index >= 15 is 0 Å². The highest BCUT2D eigenvalue weighted by atomic mass is 16.7. The molecule has 0 spiro atoms. The van der Waals surface area contributed by atoms with E-state index in [1.54, 1.807) is 0 Å². The van der Waals surface area contributed by atoms with Crippen LogP contribution >= 0.6 is 0 Å². The second-order valence-electron chi connectivity index (χ2n) is 18.3. The van der Waals surface area contributed by atoms with Gasteiger partial charge in [0.25, 0.3) is 0 Å². The van der Waals surface area contributed by atoms with Crippen LogP contribution in [0.5, 0.6) is 0 Å². The van der Waals surface area contributed by atoms with E-state index in [1.807, 2.05) is 0 Å². The third kappa shape index (κ3) is 34.7. The summed E-state index contributed by atoms with van der Waals surface area (Å²) in [7, 11) is 0. The van der Waals surface area contributed by atoms with Crippen molar-refractivity contribution in [2.45, 2.75) is 232 Å². The Kier molecular flexibility index (Phi) is 36.9. The van der Waals surface area contributed by atoms with E-state index in [2.05, 4.69) is 50.3 Å². The highest BCUT2D eigenvalue weighted by Gasteiger charge is 2.53. The minimum Gasteiger partial charge on any atom is -0.463 e. The number of rotatable bonds is 42. The number of carbonyl (C=O) groups excluding carboxylic acids is 10. The Morgan fingerprint density at radius 2 is 0.890 bits per heavy atom. The van der Waals surface area contributed by atoms with Crippen molar-refractivity contribution in [3.8, 4) is 0 Å². The molecule has 1 unspecified atom stereocenters. The maximum Gasteiger partial charge on any atom is 0.306 e. The van der Waals surface area contributed by atoms with E-state index in [0.717, 1.165) is 77.0 Å². The molecule has 18 heteroatoms. The summed E-state index contributed by atoms with van der Waals surface area (Å²) in [6.45, 7) is 7.57. The van der Waals surface area contributed by atoms with Crippen molar-refractivity contribution >= 4 is 58.9 Å². The predicted molar refractivity (Wildman–Crippen MR) is 268 cm³/mol. The van der Waals surface area contributed by atoms with Gasteiger partial charge in [-0.15, -0.1) is 0 Å². The van der Waals surface area contributed by atoms with Crippen molar-refractivity contribution in [2.24, 2.45) is 0 Å². The third-order valence-corrected chi connectivity index (χ3v) is 11.2. The zero-order valence-electron chi connectivity index (χ0n) is 44.4. The van der Waals surface area contributed by atoms with Crippen LogP contribution in [0.3, 0.4) is 0 Å².